The van der Waals surface area contributed by atoms with Crippen molar-refractivity contribution in [1.29, 1.82) is 0 Å². The van der Waals surface area contributed by atoms with Crippen LogP contribution in [0.2, 0.25) is 0 Å². The minimum atomic E-state index is 0.769. The molecule has 3 aromatic carbocycles. The second-order valence-electron chi connectivity index (χ2n) is 4.15. The van der Waals surface area contributed by atoms with E-state index in [1.165, 1.54) is 0 Å². The predicted octanol–water partition coefficient (Wildman–Crippen LogP) is 4.21. The summed E-state index contributed by atoms with van der Waals surface area (Å²) in [6.07, 6.45) is 0. The molecule has 0 radical (unpaired) electrons. The molecule has 0 saturated heterocycles. The molecule has 0 aliphatic rings. The van der Waals surface area contributed by atoms with Crippen molar-refractivity contribution in [2.24, 2.45) is 0 Å². The maximum atomic E-state index is 5.96. The van der Waals surface area contributed by atoms with Crippen LogP contribution in [0.4, 0.5) is 5.69 Å². The minimum absolute atomic E-state index is 0.769. The topological polar surface area (TPSA) is 35.2 Å². The fraction of sp³-hybridized carbons (Fsp3) is 0. The Kier molecular flexibility index (Phi) is 2.61. The Bertz CT molecular complexity index is 677. The molecule has 0 unspecified atom stereocenters. The first-order chi connectivity index (χ1) is 8.83. The number of anilines is 1. The number of benzene rings is 3. The highest BCUT2D eigenvalue weighted by molar-refractivity contribution is 5.93. The van der Waals surface area contributed by atoms with Gasteiger partial charge in [0.1, 0.15) is 11.5 Å². The molecular formula is C16H13NO. The van der Waals surface area contributed by atoms with Crippen molar-refractivity contribution in [1.82, 2.24) is 0 Å². The van der Waals surface area contributed by atoms with E-state index < -0.39 is 0 Å². The van der Waals surface area contributed by atoms with Gasteiger partial charge >= 0.3 is 0 Å². The van der Waals surface area contributed by atoms with Gasteiger partial charge in [0, 0.05) is 11.1 Å². The van der Waals surface area contributed by atoms with E-state index in [0.717, 1.165) is 28.0 Å². The summed E-state index contributed by atoms with van der Waals surface area (Å²) in [7, 11) is 0. The van der Waals surface area contributed by atoms with Gasteiger partial charge in [-0.1, -0.05) is 36.4 Å². The number of nitrogen functional groups attached to an aromatic ring is 1. The maximum Gasteiger partial charge on any atom is 0.128 e. The Hall–Kier alpha value is -2.48. The molecule has 0 fully saturated rings. The monoisotopic (exact) mass is 235 g/mol. The molecule has 0 bridgehead atoms. The summed E-state index contributed by atoms with van der Waals surface area (Å²) in [6.45, 7) is 0. The van der Waals surface area contributed by atoms with Gasteiger partial charge in [0.25, 0.3) is 0 Å². The molecule has 88 valence electrons. The molecule has 2 N–H and O–H groups in total. The summed E-state index contributed by atoms with van der Waals surface area (Å²) in [5.41, 5.74) is 6.73. The molecule has 0 saturated carbocycles. The zero-order valence-corrected chi connectivity index (χ0v) is 9.84. The first kappa shape index (κ1) is 10.7. The maximum absolute atomic E-state index is 5.96. The van der Waals surface area contributed by atoms with Gasteiger partial charge in [-0.15, -0.1) is 0 Å². The number of fused-ring (bicyclic) bond motifs is 1. The number of hydrogen-bond donors (Lipinski definition) is 1. The fourth-order valence-corrected chi connectivity index (χ4v) is 1.96. The van der Waals surface area contributed by atoms with Crippen LogP contribution in [0.5, 0.6) is 11.5 Å². The average molecular weight is 235 g/mol. The summed E-state index contributed by atoms with van der Waals surface area (Å²) >= 11 is 0. The van der Waals surface area contributed by atoms with Crippen LogP contribution in [0.3, 0.4) is 0 Å². The number of ether oxygens (including phenoxy) is 1. The Labute approximate surface area is 106 Å². The Morgan fingerprint density at radius 2 is 1.56 bits per heavy atom. The lowest BCUT2D eigenvalue weighted by molar-refractivity contribution is 0.483. The van der Waals surface area contributed by atoms with Gasteiger partial charge in [0.2, 0.25) is 0 Å². The van der Waals surface area contributed by atoms with Crippen molar-refractivity contribution in [2.75, 3.05) is 5.73 Å². The van der Waals surface area contributed by atoms with Crippen molar-refractivity contribution in [3.05, 3.63) is 66.7 Å². The average Bonchev–Trinajstić information content (AvgIpc) is 2.41. The number of nitrogens with two attached hydrogens (primary N) is 1. The Morgan fingerprint density at radius 3 is 2.39 bits per heavy atom. The lowest BCUT2D eigenvalue weighted by Gasteiger charge is -2.07. The molecule has 2 heteroatoms. The fourth-order valence-electron chi connectivity index (χ4n) is 1.96. The zero-order valence-electron chi connectivity index (χ0n) is 9.84. The summed E-state index contributed by atoms with van der Waals surface area (Å²) in [5.74, 6) is 1.62. The molecular weight excluding hydrogens is 222 g/mol. The Balaban J connectivity index is 2.01. The third-order valence-corrected chi connectivity index (χ3v) is 2.87. The van der Waals surface area contributed by atoms with E-state index in [9.17, 15) is 0 Å². The molecule has 0 heterocycles. The molecule has 0 aromatic heterocycles. The van der Waals surface area contributed by atoms with Crippen LogP contribution in [0.15, 0.2) is 66.7 Å². The minimum Gasteiger partial charge on any atom is -0.457 e. The smallest absolute Gasteiger partial charge is 0.128 e. The second kappa shape index (κ2) is 4.41. The second-order valence-corrected chi connectivity index (χ2v) is 4.15. The van der Waals surface area contributed by atoms with E-state index in [4.69, 9.17) is 10.5 Å². The molecule has 0 atom stereocenters. The standard InChI is InChI=1S/C16H13NO/c17-16-8-4-5-12-9-10-14(11-15(12)16)18-13-6-2-1-3-7-13/h1-11H,17H2. The van der Waals surface area contributed by atoms with Crippen molar-refractivity contribution in [3.63, 3.8) is 0 Å². The van der Waals surface area contributed by atoms with E-state index >= 15 is 0 Å². The molecule has 3 aromatic rings. The molecule has 0 amide bonds. The summed E-state index contributed by atoms with van der Waals surface area (Å²) < 4.78 is 5.79. The van der Waals surface area contributed by atoms with Crippen LogP contribution >= 0.6 is 0 Å². The third kappa shape index (κ3) is 2.00. The van der Waals surface area contributed by atoms with E-state index in [1.54, 1.807) is 0 Å². The SMILES string of the molecule is Nc1cccc2ccc(Oc3ccccc3)cc12. The largest absolute Gasteiger partial charge is 0.457 e. The van der Waals surface area contributed by atoms with E-state index in [1.807, 2.05) is 66.7 Å². The van der Waals surface area contributed by atoms with Crippen molar-refractivity contribution in [3.8, 4) is 11.5 Å². The highest BCUT2D eigenvalue weighted by atomic mass is 16.5. The van der Waals surface area contributed by atoms with Gasteiger partial charge in [0.05, 0.1) is 0 Å². The third-order valence-electron chi connectivity index (χ3n) is 2.87. The highest BCUT2D eigenvalue weighted by Gasteiger charge is 2.01. The van der Waals surface area contributed by atoms with Crippen LogP contribution < -0.4 is 10.5 Å². The molecule has 0 spiro atoms. The van der Waals surface area contributed by atoms with E-state index in [-0.39, 0.29) is 0 Å². The van der Waals surface area contributed by atoms with E-state index in [0.29, 0.717) is 0 Å². The normalized spacial score (nSPS) is 10.4. The molecule has 3 rings (SSSR count). The van der Waals surface area contributed by atoms with Crippen LogP contribution in [-0.2, 0) is 0 Å². The number of hydrogen-bond acceptors (Lipinski definition) is 2. The van der Waals surface area contributed by atoms with Gasteiger partial charge in [0.15, 0.2) is 0 Å². The lowest BCUT2D eigenvalue weighted by atomic mass is 10.1. The first-order valence-corrected chi connectivity index (χ1v) is 5.84. The van der Waals surface area contributed by atoms with Crippen LogP contribution in [-0.4, -0.2) is 0 Å². The Morgan fingerprint density at radius 1 is 0.722 bits per heavy atom. The quantitative estimate of drug-likeness (QED) is 0.675. The summed E-state index contributed by atoms with van der Waals surface area (Å²) in [4.78, 5) is 0. The highest BCUT2D eigenvalue weighted by Crippen LogP contribution is 2.28. The molecule has 0 aliphatic carbocycles. The summed E-state index contributed by atoms with van der Waals surface area (Å²) in [6, 6.07) is 21.6. The van der Waals surface area contributed by atoms with Crippen LogP contribution in [0, 0.1) is 0 Å². The van der Waals surface area contributed by atoms with Gasteiger partial charge < -0.3 is 10.5 Å². The molecule has 18 heavy (non-hydrogen) atoms. The molecule has 0 aliphatic heterocycles. The number of para-hydroxylation sites is 1. The molecule has 2 nitrogen and oxygen atoms in total. The van der Waals surface area contributed by atoms with Crippen LogP contribution in [0.1, 0.15) is 0 Å². The predicted molar refractivity (Wildman–Crippen MR) is 74.9 cm³/mol. The van der Waals surface area contributed by atoms with Crippen molar-refractivity contribution in [2.45, 2.75) is 0 Å². The zero-order chi connectivity index (χ0) is 12.4. The first-order valence-electron chi connectivity index (χ1n) is 5.84. The van der Waals surface area contributed by atoms with Gasteiger partial charge in [-0.25, -0.2) is 0 Å². The van der Waals surface area contributed by atoms with Crippen molar-refractivity contribution < 1.29 is 4.74 Å². The lowest BCUT2D eigenvalue weighted by Crippen LogP contribution is -1.88. The van der Waals surface area contributed by atoms with E-state index in [2.05, 4.69) is 0 Å². The van der Waals surface area contributed by atoms with Gasteiger partial charge in [-0.3, -0.25) is 0 Å². The number of rotatable bonds is 2. The van der Waals surface area contributed by atoms with Gasteiger partial charge in [-0.05, 0) is 35.7 Å². The van der Waals surface area contributed by atoms with Crippen molar-refractivity contribution >= 4 is 16.5 Å². The van der Waals surface area contributed by atoms with Gasteiger partial charge in [-0.2, -0.15) is 0 Å². The van der Waals surface area contributed by atoms with Crippen LogP contribution in [0.25, 0.3) is 10.8 Å². The summed E-state index contributed by atoms with van der Waals surface area (Å²) in [5, 5.41) is 2.14.